The number of nitrogens with two attached hydrogens (primary N) is 4. The minimum absolute atomic E-state index is 0.0362. The molecule has 9 amide bonds. The Balaban J connectivity index is 1.57. The molecule has 0 saturated carbocycles. The van der Waals surface area contributed by atoms with E-state index in [0.29, 0.717) is 45.8 Å². The number of phenols is 2. The summed E-state index contributed by atoms with van der Waals surface area (Å²) in [5, 5.41) is 41.9. The third kappa shape index (κ3) is 20.7. The lowest BCUT2D eigenvalue weighted by atomic mass is 9.94. The molecule has 1 fully saturated rings. The second-order valence-corrected chi connectivity index (χ2v) is 22.7. The first kappa shape index (κ1) is 65.1. The van der Waals surface area contributed by atoms with Crippen LogP contribution in [-0.2, 0) is 68.8 Å². The average Bonchev–Trinajstić information content (AvgIpc) is 3.48. The summed E-state index contributed by atoms with van der Waals surface area (Å²) in [5.74, 6) is -8.50. The maximum atomic E-state index is 14.9. The van der Waals surface area contributed by atoms with Crippen molar-refractivity contribution < 1.29 is 53.4 Å². The first-order valence-corrected chi connectivity index (χ1v) is 29.1. The Morgan fingerprint density at radius 2 is 1.22 bits per heavy atom. The van der Waals surface area contributed by atoms with Crippen LogP contribution in [0.5, 0.6) is 11.5 Å². The van der Waals surface area contributed by atoms with E-state index in [4.69, 9.17) is 34.5 Å². The van der Waals surface area contributed by atoms with Gasteiger partial charge in [0.15, 0.2) is 0 Å². The fraction of sp³-hybridized carbons (Fsp3) is 0.375. The summed E-state index contributed by atoms with van der Waals surface area (Å²) < 4.78 is 0. The number of nitrogens with one attached hydrogen (secondary N) is 8. The van der Waals surface area contributed by atoms with Crippen molar-refractivity contribution in [3.63, 3.8) is 0 Å². The molecule has 1 aliphatic rings. The van der Waals surface area contributed by atoms with E-state index in [0.717, 1.165) is 21.6 Å². The molecule has 1 aliphatic heterocycles. The number of aromatic hydroxyl groups is 2. The number of carbonyl (C=O) groups is 9. The van der Waals surface area contributed by atoms with E-state index in [1.54, 1.807) is 55.5 Å². The predicted octanol–water partition coefficient (Wildman–Crippen LogP) is 0.470. The summed E-state index contributed by atoms with van der Waals surface area (Å²) in [6.45, 7) is 6.82. The van der Waals surface area contributed by atoms with Gasteiger partial charge < -0.3 is 75.7 Å². The molecule has 0 spiro atoms. The summed E-state index contributed by atoms with van der Waals surface area (Å²) in [6.07, 6.45) is 1.54. The van der Waals surface area contributed by atoms with E-state index in [2.05, 4.69) is 49.1 Å². The highest BCUT2D eigenvalue weighted by molar-refractivity contribution is 8.76. The Bertz CT molecular complexity index is 2870. The zero-order valence-electron chi connectivity index (χ0n) is 45.2. The van der Waals surface area contributed by atoms with Gasteiger partial charge in [-0.25, -0.2) is 0 Å². The zero-order chi connectivity index (χ0) is 60.0. The van der Waals surface area contributed by atoms with Crippen LogP contribution in [0.4, 0.5) is 5.69 Å². The lowest BCUT2D eigenvalue weighted by molar-refractivity contribution is -0.136. The highest BCUT2D eigenvalue weighted by Gasteiger charge is 2.36. The zero-order valence-corrected chi connectivity index (χ0v) is 47.6. The summed E-state index contributed by atoms with van der Waals surface area (Å²) in [4.78, 5) is 126. The summed E-state index contributed by atoms with van der Waals surface area (Å²) in [7, 11) is 2.00. The van der Waals surface area contributed by atoms with E-state index >= 15 is 0 Å². The molecule has 4 aromatic rings. The minimum atomic E-state index is -1.48. The van der Waals surface area contributed by atoms with Gasteiger partial charge in [-0.3, -0.25) is 43.2 Å². The van der Waals surface area contributed by atoms with Crippen molar-refractivity contribution >= 4 is 92.0 Å². The Morgan fingerprint density at radius 1 is 0.695 bits per heavy atom. The fourth-order valence-corrected chi connectivity index (χ4v) is 10.8. The average molecular weight is 1190 g/mol. The first-order valence-electron chi connectivity index (χ1n) is 26.2. The Hall–Kier alpha value is -7.68. The molecule has 26 heteroatoms. The van der Waals surface area contributed by atoms with E-state index in [1.165, 1.54) is 61.5 Å². The van der Waals surface area contributed by atoms with Crippen molar-refractivity contribution in [2.75, 3.05) is 23.4 Å². The molecule has 1 heterocycles. The van der Waals surface area contributed by atoms with Crippen LogP contribution in [0.15, 0.2) is 110 Å². The van der Waals surface area contributed by atoms with Crippen LogP contribution >= 0.6 is 33.2 Å². The van der Waals surface area contributed by atoms with Crippen LogP contribution < -0.4 is 65.5 Å². The minimum Gasteiger partial charge on any atom is -0.508 e. The second kappa shape index (κ2) is 32.1. The number of rotatable bonds is 20. The monoisotopic (exact) mass is 1190 g/mol. The number of anilines is 1. The van der Waals surface area contributed by atoms with Gasteiger partial charge in [-0.2, -0.15) is 0 Å². The van der Waals surface area contributed by atoms with Gasteiger partial charge in [0.25, 0.3) is 0 Å². The maximum absolute atomic E-state index is 14.9. The molecule has 23 nitrogen and oxygen atoms in total. The smallest absolute Gasteiger partial charge is 0.245 e. The van der Waals surface area contributed by atoms with E-state index < -0.39 is 113 Å². The molecule has 0 bridgehead atoms. The van der Waals surface area contributed by atoms with Crippen LogP contribution in [0, 0.1) is 5.92 Å². The highest BCUT2D eigenvalue weighted by atomic mass is 35.5. The van der Waals surface area contributed by atoms with Gasteiger partial charge in [-0.1, -0.05) is 94.7 Å². The van der Waals surface area contributed by atoms with Crippen LogP contribution in [0.2, 0.25) is 5.02 Å². The van der Waals surface area contributed by atoms with Crippen LogP contribution in [0.25, 0.3) is 0 Å². The Labute approximate surface area is 487 Å². The molecule has 4 aromatic carbocycles. The van der Waals surface area contributed by atoms with E-state index in [-0.39, 0.29) is 55.2 Å². The summed E-state index contributed by atoms with van der Waals surface area (Å²) in [5.41, 5.74) is 26.3. The molecule has 0 aliphatic carbocycles. The number of primary amides is 1. The van der Waals surface area contributed by atoms with E-state index in [9.17, 15) is 53.4 Å². The van der Waals surface area contributed by atoms with Gasteiger partial charge in [0.1, 0.15) is 59.8 Å². The maximum Gasteiger partial charge on any atom is 0.245 e. The van der Waals surface area contributed by atoms with E-state index in [1.807, 2.05) is 0 Å². The van der Waals surface area contributed by atoms with Crippen LogP contribution in [-0.4, -0.2) is 136 Å². The van der Waals surface area contributed by atoms with Gasteiger partial charge in [0.2, 0.25) is 53.2 Å². The molecule has 0 aromatic heterocycles. The highest BCUT2D eigenvalue weighted by Crippen LogP contribution is 2.25. The van der Waals surface area contributed by atoms with Crippen molar-refractivity contribution in [2.45, 2.75) is 107 Å². The van der Waals surface area contributed by atoms with Gasteiger partial charge in [-0.15, -0.1) is 6.58 Å². The third-order valence-corrected chi connectivity index (χ3v) is 15.9. The molecular weight excluding hydrogens is 1120 g/mol. The van der Waals surface area contributed by atoms with Crippen molar-refractivity contribution in [1.29, 1.82) is 0 Å². The number of benzene rings is 4. The largest absolute Gasteiger partial charge is 0.508 e. The first-order chi connectivity index (χ1) is 39.0. The normalized spacial score (nSPS) is 21.0. The molecule has 0 radical (unpaired) electrons. The number of hydrogen-bond donors (Lipinski definition) is 14. The molecule has 10 atom stereocenters. The van der Waals surface area contributed by atoms with Crippen molar-refractivity contribution in [3.8, 4) is 11.5 Å². The summed E-state index contributed by atoms with van der Waals surface area (Å²) >= 11 is 6.08. The fourth-order valence-electron chi connectivity index (χ4n) is 8.32. The second-order valence-electron chi connectivity index (χ2n) is 19.7. The molecule has 18 N–H and O–H groups in total. The number of amides is 9. The van der Waals surface area contributed by atoms with Crippen LogP contribution in [0.3, 0.4) is 0 Å². The quantitative estimate of drug-likeness (QED) is 0.0422. The van der Waals surface area contributed by atoms with Crippen molar-refractivity contribution in [1.82, 2.24) is 37.2 Å². The lowest BCUT2D eigenvalue weighted by Gasteiger charge is -2.30. The number of halogens is 1. The van der Waals surface area contributed by atoms with Crippen molar-refractivity contribution in [2.24, 2.45) is 28.9 Å². The molecule has 440 valence electrons. The molecule has 82 heavy (non-hydrogen) atoms. The van der Waals surface area contributed by atoms with Gasteiger partial charge in [0, 0.05) is 41.5 Å². The Morgan fingerprint density at radius 3 is 1.79 bits per heavy atom. The summed E-state index contributed by atoms with van der Waals surface area (Å²) in [6, 6.07) is 12.6. The van der Waals surface area contributed by atoms with Gasteiger partial charge in [0.05, 0.1) is 6.04 Å². The molecule has 5 rings (SSSR count). The van der Waals surface area contributed by atoms with Gasteiger partial charge in [-0.05, 0) is 109 Å². The standard InChI is InChI=1S/C56H71ClN12O11S2/c1-4-40(59)50(74)63-37-17-9-33(10-18-37)26-44-53(77)69-47(30(2)6-5-23-58)56(80)62-31(3)49(73)67-45(54(78)64-42(48(61)72)25-34-11-19-38(70)20-12-34)28-81-82-29-46(68-51(75)41(60)24-32-7-15-36(57)16-8-32)55(79)66-43(52(76)65-44)27-35-13-21-39(71)22-14-35/h4,7-22,30-31,40-47,70-71H,1,5-6,23-29,58-60H2,2-3H3,(H2,61,72)(H,62,80)(H,63,74)(H,64,78)(H,65,76)(H,66,79)(H,67,73)(H,68,75)(H,69,77)/t30-,31+,40+,41+,42-,43+,44-,45+,46-,47+/m1/s1. The lowest BCUT2D eigenvalue weighted by Crippen LogP contribution is -2.61. The van der Waals surface area contributed by atoms with Crippen LogP contribution in [0.1, 0.15) is 48.9 Å². The number of hydrogen-bond acceptors (Lipinski definition) is 16. The number of carbonyl (C=O) groups excluding carboxylic acids is 9. The Kier molecular flexibility index (Phi) is 25.5. The molecule has 0 unspecified atom stereocenters. The molecular formula is C56H71ClN12O11S2. The molecule has 1 saturated heterocycles. The third-order valence-electron chi connectivity index (χ3n) is 13.2. The SMILES string of the molecule is C=C[C@H](N)C(=O)Nc1ccc(C[C@H]2NC(=O)[C@H](Cc3ccc(O)cc3)NC(=O)[C@H](NC(=O)[C@@H](N)Cc3ccc(Cl)cc3)CSSC[C@@H](C(=O)N[C@H](Cc3ccc(O)cc3)C(N)=O)NC(=O)[C@H](C)NC(=O)[C@H]([C@H](C)CCCN)NC2=O)cc1. The number of phenolic OH excluding ortho intramolecular Hbond substituents is 2. The van der Waals surface area contributed by atoms with Gasteiger partial charge >= 0.3 is 0 Å². The predicted molar refractivity (Wildman–Crippen MR) is 314 cm³/mol. The van der Waals surface area contributed by atoms with Crippen molar-refractivity contribution in [3.05, 3.63) is 137 Å². The topological polar surface area (TPSA) is 394 Å².